The summed E-state index contributed by atoms with van der Waals surface area (Å²) in [7, 11) is 0. The highest BCUT2D eigenvalue weighted by atomic mass is 79.9. The molecular formula is C29H22BrN3OS. The lowest BCUT2D eigenvalue weighted by atomic mass is 9.99. The van der Waals surface area contributed by atoms with Crippen LogP contribution in [0.5, 0.6) is 0 Å². The Labute approximate surface area is 217 Å². The van der Waals surface area contributed by atoms with Crippen molar-refractivity contribution in [3.05, 3.63) is 125 Å². The zero-order valence-electron chi connectivity index (χ0n) is 18.8. The zero-order chi connectivity index (χ0) is 24.0. The van der Waals surface area contributed by atoms with Crippen LogP contribution < -0.4 is 5.32 Å². The van der Waals surface area contributed by atoms with Crippen LogP contribution in [-0.4, -0.2) is 21.6 Å². The van der Waals surface area contributed by atoms with Crippen LogP contribution in [0.4, 0.5) is 0 Å². The molecule has 0 unspecified atom stereocenters. The van der Waals surface area contributed by atoms with Gasteiger partial charge in [0.05, 0.1) is 17.3 Å². The molecule has 0 fully saturated rings. The molecule has 1 heterocycles. The van der Waals surface area contributed by atoms with Gasteiger partial charge >= 0.3 is 0 Å². The number of hydrogen-bond donors (Lipinski definition) is 1. The molecule has 1 aromatic heterocycles. The number of aromatic nitrogens is 2. The lowest BCUT2D eigenvalue weighted by Gasteiger charge is -2.20. The molecule has 0 atom stereocenters. The Balaban J connectivity index is 1.39. The Morgan fingerprint density at radius 2 is 1.37 bits per heavy atom. The maximum atomic E-state index is 13.1. The summed E-state index contributed by atoms with van der Waals surface area (Å²) < 4.78 is 1.000. The number of nitrogens with zero attached hydrogens (tertiary/aromatic N) is 2. The largest absolute Gasteiger partial charge is 0.344 e. The van der Waals surface area contributed by atoms with E-state index in [4.69, 9.17) is 9.97 Å². The predicted octanol–water partition coefficient (Wildman–Crippen LogP) is 7.06. The van der Waals surface area contributed by atoms with Crippen molar-refractivity contribution in [3.8, 4) is 11.4 Å². The van der Waals surface area contributed by atoms with Gasteiger partial charge in [0, 0.05) is 15.4 Å². The van der Waals surface area contributed by atoms with Crippen LogP contribution in [-0.2, 0) is 4.79 Å². The van der Waals surface area contributed by atoms with Crippen molar-refractivity contribution in [2.24, 2.45) is 0 Å². The first-order chi connectivity index (χ1) is 17.2. The Bertz CT molecular complexity index is 1400. The van der Waals surface area contributed by atoms with Crippen molar-refractivity contribution in [1.29, 1.82) is 0 Å². The third kappa shape index (κ3) is 5.61. The zero-order valence-corrected chi connectivity index (χ0v) is 21.2. The lowest BCUT2D eigenvalue weighted by molar-refractivity contribution is -0.119. The van der Waals surface area contributed by atoms with E-state index in [2.05, 4.69) is 21.2 Å². The van der Waals surface area contributed by atoms with Crippen LogP contribution in [0.25, 0.3) is 22.3 Å². The highest BCUT2D eigenvalue weighted by molar-refractivity contribution is 9.10. The van der Waals surface area contributed by atoms with E-state index in [1.165, 1.54) is 11.8 Å². The first-order valence-corrected chi connectivity index (χ1v) is 13.0. The van der Waals surface area contributed by atoms with Gasteiger partial charge in [-0.15, -0.1) is 0 Å². The van der Waals surface area contributed by atoms with Crippen molar-refractivity contribution in [1.82, 2.24) is 15.3 Å². The number of hydrogen-bond acceptors (Lipinski definition) is 4. The topological polar surface area (TPSA) is 54.9 Å². The fourth-order valence-corrected chi connectivity index (χ4v) is 4.97. The third-order valence-electron chi connectivity index (χ3n) is 5.58. The number of halogens is 1. The molecule has 1 N–H and O–H groups in total. The Kier molecular flexibility index (Phi) is 7.21. The van der Waals surface area contributed by atoms with Crippen LogP contribution in [0.3, 0.4) is 0 Å². The number of nitrogens with one attached hydrogen (secondary N) is 1. The molecule has 6 heteroatoms. The predicted molar refractivity (Wildman–Crippen MR) is 146 cm³/mol. The second-order valence-electron chi connectivity index (χ2n) is 7.99. The molecule has 0 aliphatic rings. The van der Waals surface area contributed by atoms with Gasteiger partial charge in [-0.25, -0.2) is 9.97 Å². The first kappa shape index (κ1) is 23.3. The molecule has 0 saturated carbocycles. The minimum atomic E-state index is -0.217. The lowest BCUT2D eigenvalue weighted by Crippen LogP contribution is -2.30. The summed E-state index contributed by atoms with van der Waals surface area (Å²) in [4.78, 5) is 22.7. The van der Waals surface area contributed by atoms with Crippen molar-refractivity contribution in [3.63, 3.8) is 0 Å². The highest BCUT2D eigenvalue weighted by Crippen LogP contribution is 2.29. The SMILES string of the molecule is O=C(CSc1nc(-c2ccc(Br)cc2)nc2ccccc12)NC(c1ccccc1)c1ccccc1. The van der Waals surface area contributed by atoms with Crippen LogP contribution in [0, 0.1) is 0 Å². The van der Waals surface area contributed by atoms with Gasteiger partial charge in [-0.1, -0.05) is 119 Å². The monoisotopic (exact) mass is 539 g/mol. The van der Waals surface area contributed by atoms with E-state index in [0.717, 1.165) is 37.1 Å². The number of para-hydroxylation sites is 1. The summed E-state index contributed by atoms with van der Waals surface area (Å²) in [5.41, 5.74) is 3.87. The molecule has 35 heavy (non-hydrogen) atoms. The smallest absolute Gasteiger partial charge is 0.231 e. The second kappa shape index (κ2) is 10.8. The summed E-state index contributed by atoms with van der Waals surface area (Å²) in [6, 6.07) is 35.7. The number of rotatable bonds is 7. The summed E-state index contributed by atoms with van der Waals surface area (Å²) >= 11 is 4.91. The minimum Gasteiger partial charge on any atom is -0.344 e. The van der Waals surface area contributed by atoms with E-state index in [1.807, 2.05) is 109 Å². The molecule has 0 spiro atoms. The molecule has 5 aromatic rings. The maximum Gasteiger partial charge on any atom is 0.231 e. The van der Waals surface area contributed by atoms with Crippen LogP contribution in [0.2, 0.25) is 0 Å². The minimum absolute atomic E-state index is 0.0550. The van der Waals surface area contributed by atoms with Gasteiger partial charge in [-0.2, -0.15) is 0 Å². The Morgan fingerprint density at radius 3 is 2.03 bits per heavy atom. The molecule has 4 nitrogen and oxygen atoms in total. The summed E-state index contributed by atoms with van der Waals surface area (Å²) in [6.07, 6.45) is 0. The van der Waals surface area contributed by atoms with E-state index >= 15 is 0 Å². The normalized spacial score (nSPS) is 11.0. The third-order valence-corrected chi connectivity index (χ3v) is 7.10. The number of fused-ring (bicyclic) bond motifs is 1. The van der Waals surface area contributed by atoms with Gasteiger partial charge in [0.25, 0.3) is 0 Å². The molecule has 172 valence electrons. The maximum absolute atomic E-state index is 13.1. The van der Waals surface area contributed by atoms with Gasteiger partial charge in [0.2, 0.25) is 5.91 Å². The van der Waals surface area contributed by atoms with E-state index in [9.17, 15) is 4.79 Å². The summed E-state index contributed by atoms with van der Waals surface area (Å²) in [5, 5.41) is 4.94. The van der Waals surface area contributed by atoms with Crippen LogP contribution in [0.15, 0.2) is 119 Å². The number of thioether (sulfide) groups is 1. The van der Waals surface area contributed by atoms with Crippen LogP contribution >= 0.6 is 27.7 Å². The van der Waals surface area contributed by atoms with Gasteiger partial charge in [0.15, 0.2) is 5.82 Å². The Morgan fingerprint density at radius 1 is 0.771 bits per heavy atom. The number of carbonyl (C=O) groups excluding carboxylic acids is 1. The highest BCUT2D eigenvalue weighted by Gasteiger charge is 2.18. The molecule has 1 amide bonds. The van der Waals surface area contributed by atoms with E-state index < -0.39 is 0 Å². The fourth-order valence-electron chi connectivity index (χ4n) is 3.87. The van der Waals surface area contributed by atoms with Gasteiger partial charge < -0.3 is 5.32 Å². The average molecular weight is 540 g/mol. The quantitative estimate of drug-likeness (QED) is 0.177. The van der Waals surface area contributed by atoms with Crippen molar-refractivity contribution < 1.29 is 4.79 Å². The molecule has 0 aliphatic heterocycles. The van der Waals surface area contributed by atoms with E-state index in [0.29, 0.717) is 5.82 Å². The first-order valence-electron chi connectivity index (χ1n) is 11.2. The van der Waals surface area contributed by atoms with E-state index in [1.54, 1.807) is 0 Å². The molecule has 0 saturated heterocycles. The average Bonchev–Trinajstić information content (AvgIpc) is 2.91. The fraction of sp³-hybridized carbons (Fsp3) is 0.0690. The van der Waals surface area contributed by atoms with Crippen molar-refractivity contribution in [2.75, 3.05) is 5.75 Å². The van der Waals surface area contributed by atoms with Crippen molar-refractivity contribution in [2.45, 2.75) is 11.1 Å². The standard InChI is InChI=1S/C29H22BrN3OS/c30-23-17-15-22(16-18-23)28-31-25-14-8-7-13-24(25)29(33-28)35-19-26(34)32-27(20-9-3-1-4-10-20)21-11-5-2-6-12-21/h1-18,27H,19H2,(H,32,34). The number of carbonyl (C=O) groups is 1. The second-order valence-corrected chi connectivity index (χ2v) is 9.87. The van der Waals surface area contributed by atoms with Gasteiger partial charge in [-0.3, -0.25) is 4.79 Å². The molecule has 0 bridgehead atoms. The van der Waals surface area contributed by atoms with Crippen molar-refractivity contribution >= 4 is 44.5 Å². The number of benzene rings is 4. The Hall–Kier alpha value is -3.48. The van der Waals surface area contributed by atoms with Gasteiger partial charge in [-0.05, 0) is 29.3 Å². The molecule has 0 aliphatic carbocycles. The summed E-state index contributed by atoms with van der Waals surface area (Å²) in [5.74, 6) is 0.836. The molecule has 4 aromatic carbocycles. The number of amides is 1. The molecule has 0 radical (unpaired) electrons. The van der Waals surface area contributed by atoms with Crippen LogP contribution in [0.1, 0.15) is 17.2 Å². The van der Waals surface area contributed by atoms with E-state index in [-0.39, 0.29) is 17.7 Å². The molecule has 5 rings (SSSR count). The van der Waals surface area contributed by atoms with Gasteiger partial charge in [0.1, 0.15) is 5.03 Å². The molecular weight excluding hydrogens is 518 g/mol. The summed E-state index contributed by atoms with van der Waals surface area (Å²) in [6.45, 7) is 0.